The first-order chi connectivity index (χ1) is 1.41. The third-order valence-corrected chi connectivity index (χ3v) is 0. The molecular weight excluding hydrogens is 60.1 g/mol. The fourth-order valence-corrected chi connectivity index (χ4v) is 0. The second-order valence-corrected chi connectivity index (χ2v) is 0.707. The molecule has 0 nitrogen and oxygen atoms in total. The van der Waals surface area contributed by atoms with Crippen LogP contribution in [0.2, 0.25) is 0 Å². The molecule has 0 aliphatic heterocycles. The fraction of sp³-hybridized carbons (Fsp3) is 0.600. The van der Waals surface area contributed by atoms with Gasteiger partial charge >= 0.3 is 0 Å². The van der Waals surface area contributed by atoms with Crippen molar-refractivity contribution in [3.63, 3.8) is 0 Å². The van der Waals surface area contributed by atoms with Crippen molar-refractivity contribution in [2.75, 3.05) is 0 Å². The average Bonchev–Trinajstić information content (AvgIpc) is 0.918. The zero-order chi connectivity index (χ0) is 2.71. The van der Waals surface area contributed by atoms with E-state index in [9.17, 15) is 0 Å². The number of hydrogen-bond donors (Lipinski definition) is 0. The second-order valence-electron chi connectivity index (χ2n) is 0.707. The third kappa shape index (κ3) is 0. The zero-order valence-corrected chi connectivity index (χ0v) is 4.71. The van der Waals surface area contributed by atoms with Gasteiger partial charge in [-0.1, -0.05) is 20.3 Å². The molecule has 0 rings (SSSR count). The van der Waals surface area contributed by atoms with Crippen LogP contribution in [0.5, 0.6) is 0 Å². The van der Waals surface area contributed by atoms with Crippen LogP contribution in [0.15, 0.2) is 0 Å². The molecule has 0 aliphatic carbocycles. The average molecular weight is 74.2 g/mol. The van der Waals surface area contributed by atoms with E-state index >= 15 is 0 Å². The van der Waals surface area contributed by atoms with E-state index in [-0.39, 0.29) is 14.9 Å². The highest BCUT2D eigenvalue weighted by Crippen LogP contribution is 1.56. The Morgan fingerprint density at radius 1 is 1.00 bits per heavy atom. The van der Waals surface area contributed by atoms with E-state index < -0.39 is 0 Å². The smallest absolute Gasteiger partial charge is 0.0590 e. The second kappa shape index (κ2) is 36.0. The van der Waals surface area contributed by atoms with Gasteiger partial charge in [0.2, 0.25) is 0 Å². The van der Waals surface area contributed by atoms with Gasteiger partial charge in [-0.3, -0.25) is 0 Å². The minimum atomic E-state index is 0. The van der Waals surface area contributed by atoms with Crippen LogP contribution in [0, 0.1) is 14.9 Å². The van der Waals surface area contributed by atoms with Crippen LogP contribution in [0.25, 0.3) is 0 Å². The summed E-state index contributed by atoms with van der Waals surface area (Å²) < 4.78 is 0. The Kier molecular flexibility index (Phi) is 144. The Morgan fingerprint density at radius 2 is 1.00 bits per heavy atom. The summed E-state index contributed by atoms with van der Waals surface area (Å²) in [7, 11) is 0. The Labute approximate surface area is 36.2 Å². The topological polar surface area (TPSA) is 0 Å². The molecule has 0 saturated carbocycles. The molecule has 36 valence electrons. The number of hydrogen-bond acceptors (Lipinski definition) is 0. The highest BCUT2D eigenvalue weighted by molar-refractivity contribution is 3.92. The van der Waals surface area contributed by atoms with Crippen molar-refractivity contribution in [2.45, 2.75) is 20.3 Å². The maximum absolute atomic E-state index is 2.12. The van der Waals surface area contributed by atoms with Crippen LogP contribution >= 0.6 is 0 Å². The summed E-state index contributed by atoms with van der Waals surface area (Å²) in [5, 5.41) is 0. The van der Waals surface area contributed by atoms with Gasteiger partial charge in [0, 0.05) is 0 Å². The van der Waals surface area contributed by atoms with E-state index in [4.69, 9.17) is 0 Å². The van der Waals surface area contributed by atoms with Gasteiger partial charge in [0.1, 0.15) is 0 Å². The van der Waals surface area contributed by atoms with E-state index in [0.29, 0.717) is 0 Å². The van der Waals surface area contributed by atoms with Crippen molar-refractivity contribution in [3.8, 4) is 0 Å². The van der Waals surface area contributed by atoms with Gasteiger partial charge in [0.05, 0.1) is 0 Å². The van der Waals surface area contributed by atoms with Crippen molar-refractivity contribution in [1.82, 2.24) is 0 Å². The predicted molar refractivity (Wildman–Crippen MR) is 28.8 cm³/mol. The molecule has 0 aromatic carbocycles. The first-order valence-electron chi connectivity index (χ1n) is 1.41. The minimum absolute atomic E-state index is 0. The Morgan fingerprint density at radius 3 is 1.00 bits per heavy atom. The van der Waals surface area contributed by atoms with Crippen molar-refractivity contribution in [2.24, 2.45) is 0 Å². The maximum atomic E-state index is 2.12. The van der Waals surface area contributed by atoms with Crippen LogP contribution in [-0.4, -0.2) is 0 Å². The summed E-state index contributed by atoms with van der Waals surface area (Å²) >= 11 is 0. The van der Waals surface area contributed by atoms with Crippen LogP contribution in [0.4, 0.5) is 0 Å². The molecule has 0 N–H and O–H groups in total. The van der Waals surface area contributed by atoms with Gasteiger partial charge in [-0.05, 0) is 0 Å². The molecule has 0 unspecified atom stereocenters. The fourth-order valence-electron chi connectivity index (χ4n) is 0. The summed E-state index contributed by atoms with van der Waals surface area (Å²) in [6.45, 7) is 4.25. The summed E-state index contributed by atoms with van der Waals surface area (Å²) in [6, 6.07) is 0. The molecule has 0 amide bonds. The first-order valence-corrected chi connectivity index (χ1v) is 1.41. The molecule has 0 heterocycles. The molecule has 0 aliphatic rings. The standard InChI is InChI=1S/C3H8.2CH3/c1-3-2;;/h3H2,1-2H3;2*1H3/q;2*-1. The highest BCUT2D eigenvalue weighted by atomic mass is 13.4. The minimum Gasteiger partial charge on any atom is -0.358 e. The molecular formula is C5H14-2. The van der Waals surface area contributed by atoms with E-state index in [1.165, 1.54) is 6.42 Å². The van der Waals surface area contributed by atoms with Crippen LogP contribution in [0.3, 0.4) is 0 Å². The van der Waals surface area contributed by atoms with Crippen molar-refractivity contribution in [3.05, 3.63) is 14.9 Å². The Bertz CT molecular complexity index is 0. The monoisotopic (exact) mass is 74.1 g/mol. The largest absolute Gasteiger partial charge is 0.358 e. The summed E-state index contributed by atoms with van der Waals surface area (Å²) in [6.07, 6.45) is 1.25. The van der Waals surface area contributed by atoms with E-state index in [1.807, 2.05) is 0 Å². The lowest BCUT2D eigenvalue weighted by Gasteiger charge is -1.48. The molecule has 0 aromatic rings. The van der Waals surface area contributed by atoms with Gasteiger partial charge in [0.15, 0.2) is 0 Å². The SMILES string of the molecule is CCC.[CH3-].[CH3-]. The van der Waals surface area contributed by atoms with Gasteiger partial charge in [-0.25, -0.2) is 0 Å². The quantitative estimate of drug-likeness (QED) is 0.387. The molecule has 0 aromatic heterocycles. The first kappa shape index (κ1) is 20.0. The lowest BCUT2D eigenvalue weighted by molar-refractivity contribution is 1.09. The lowest BCUT2D eigenvalue weighted by atomic mass is 10.6. The van der Waals surface area contributed by atoms with Crippen molar-refractivity contribution < 1.29 is 0 Å². The highest BCUT2D eigenvalue weighted by Gasteiger charge is 1.35. The number of rotatable bonds is 0. The Hall–Kier alpha value is 0. The maximum Gasteiger partial charge on any atom is -0.0590 e. The molecule has 0 atom stereocenters. The normalized spacial score (nSPS) is 3.60. The van der Waals surface area contributed by atoms with Crippen molar-refractivity contribution in [1.29, 1.82) is 0 Å². The van der Waals surface area contributed by atoms with Crippen LogP contribution < -0.4 is 0 Å². The molecule has 0 saturated heterocycles. The Balaban J connectivity index is -0.0000000200. The lowest BCUT2D eigenvalue weighted by Crippen LogP contribution is -1.27. The van der Waals surface area contributed by atoms with Gasteiger partial charge < -0.3 is 14.9 Å². The molecule has 0 spiro atoms. The van der Waals surface area contributed by atoms with E-state index in [2.05, 4.69) is 13.8 Å². The van der Waals surface area contributed by atoms with Gasteiger partial charge in [0.25, 0.3) is 0 Å². The zero-order valence-electron chi connectivity index (χ0n) is 4.71. The molecule has 0 fully saturated rings. The molecule has 0 radical (unpaired) electrons. The molecule has 0 heteroatoms. The third-order valence-electron chi connectivity index (χ3n) is 0. The van der Waals surface area contributed by atoms with E-state index in [0.717, 1.165) is 0 Å². The van der Waals surface area contributed by atoms with Crippen LogP contribution in [-0.2, 0) is 0 Å². The molecule has 5 heavy (non-hydrogen) atoms. The molecule has 0 bridgehead atoms. The summed E-state index contributed by atoms with van der Waals surface area (Å²) in [5.74, 6) is 0. The van der Waals surface area contributed by atoms with Crippen LogP contribution in [0.1, 0.15) is 20.3 Å². The van der Waals surface area contributed by atoms with Gasteiger partial charge in [-0.15, -0.1) is 0 Å². The van der Waals surface area contributed by atoms with Crippen molar-refractivity contribution >= 4 is 0 Å². The predicted octanol–water partition coefficient (Wildman–Crippen LogP) is 2.32. The van der Waals surface area contributed by atoms with Gasteiger partial charge in [-0.2, -0.15) is 0 Å². The summed E-state index contributed by atoms with van der Waals surface area (Å²) in [4.78, 5) is 0. The summed E-state index contributed by atoms with van der Waals surface area (Å²) in [5.41, 5.74) is 0. The van der Waals surface area contributed by atoms with E-state index in [1.54, 1.807) is 0 Å².